The van der Waals surface area contributed by atoms with Crippen molar-refractivity contribution >= 4 is 11.2 Å². The van der Waals surface area contributed by atoms with Gasteiger partial charge in [0.05, 0.1) is 0 Å². The number of nitrogens with one attached hydrogen (secondary N) is 3. The van der Waals surface area contributed by atoms with Crippen molar-refractivity contribution in [3.8, 4) is 0 Å². The van der Waals surface area contributed by atoms with Crippen molar-refractivity contribution in [2.24, 2.45) is 0 Å². The molecule has 3 N–H and O–H groups in total. The second-order valence-electron chi connectivity index (χ2n) is 2.45. The van der Waals surface area contributed by atoms with Crippen LogP contribution in [0.1, 0.15) is 5.82 Å². The Hall–Kier alpha value is -1.85. The number of H-pyrrole nitrogens is 3. The van der Waals surface area contributed by atoms with E-state index in [0.717, 1.165) is 0 Å². The number of hydrogen-bond acceptors (Lipinski definition) is 3. The highest BCUT2D eigenvalue weighted by molar-refractivity contribution is 5.67. The summed E-state index contributed by atoms with van der Waals surface area (Å²) in [6.45, 7) is 1.64. The lowest BCUT2D eigenvalue weighted by molar-refractivity contribution is 1.05. The van der Waals surface area contributed by atoms with Gasteiger partial charge in [0.25, 0.3) is 5.56 Å². The van der Waals surface area contributed by atoms with Gasteiger partial charge in [0.15, 0.2) is 11.2 Å². The number of imidazole rings is 1. The van der Waals surface area contributed by atoms with Crippen LogP contribution in [0.5, 0.6) is 0 Å². The van der Waals surface area contributed by atoms with E-state index in [1.54, 1.807) is 6.92 Å². The van der Waals surface area contributed by atoms with Gasteiger partial charge in [0.2, 0.25) is 0 Å². The summed E-state index contributed by atoms with van der Waals surface area (Å²) < 4.78 is 0. The summed E-state index contributed by atoms with van der Waals surface area (Å²) in [7, 11) is 0. The Balaban J connectivity index is 3.08. The molecule has 0 aliphatic rings. The largest absolute Gasteiger partial charge is 0.325 e. The van der Waals surface area contributed by atoms with Crippen molar-refractivity contribution in [2.75, 3.05) is 0 Å². The molecule has 2 heterocycles. The van der Waals surface area contributed by atoms with E-state index in [1.165, 1.54) is 0 Å². The zero-order chi connectivity index (χ0) is 8.72. The van der Waals surface area contributed by atoms with E-state index in [0.29, 0.717) is 11.5 Å². The summed E-state index contributed by atoms with van der Waals surface area (Å²) in [5.74, 6) is 0.475. The van der Waals surface area contributed by atoms with Gasteiger partial charge < -0.3 is 4.98 Å². The molecule has 12 heavy (non-hydrogen) atoms. The summed E-state index contributed by atoms with van der Waals surface area (Å²) in [5, 5.41) is 0. The zero-order valence-corrected chi connectivity index (χ0v) is 6.26. The van der Waals surface area contributed by atoms with E-state index in [9.17, 15) is 9.59 Å². The van der Waals surface area contributed by atoms with Crippen LogP contribution in [-0.2, 0) is 0 Å². The normalized spacial score (nSPS) is 10.8. The molecule has 0 atom stereocenters. The molecule has 0 amide bonds. The van der Waals surface area contributed by atoms with Gasteiger partial charge in [-0.25, -0.2) is 9.78 Å². The topological polar surface area (TPSA) is 94.4 Å². The summed E-state index contributed by atoms with van der Waals surface area (Å²) in [6.07, 6.45) is 0. The van der Waals surface area contributed by atoms with E-state index >= 15 is 0 Å². The standard InChI is InChI=1S/C6H6N4O2/c1-2-7-4-3(5(11)8-2)9-6(12)10-4/h1H3,(H3,7,8,9,10,11,12). The van der Waals surface area contributed by atoms with Crippen molar-refractivity contribution in [2.45, 2.75) is 6.92 Å². The molecule has 0 radical (unpaired) electrons. The zero-order valence-electron chi connectivity index (χ0n) is 6.26. The van der Waals surface area contributed by atoms with E-state index in [4.69, 9.17) is 0 Å². The fourth-order valence-electron chi connectivity index (χ4n) is 1.04. The molecule has 2 rings (SSSR count). The molecular weight excluding hydrogens is 160 g/mol. The third-order valence-corrected chi connectivity index (χ3v) is 1.51. The molecule has 2 aromatic heterocycles. The smallest absolute Gasteiger partial charge is 0.309 e. The third kappa shape index (κ3) is 0.849. The number of aryl methyl sites for hydroxylation is 1. The molecule has 0 saturated carbocycles. The first-order valence-electron chi connectivity index (χ1n) is 3.36. The van der Waals surface area contributed by atoms with Crippen LogP contribution in [0, 0.1) is 6.92 Å². The third-order valence-electron chi connectivity index (χ3n) is 1.51. The first-order chi connectivity index (χ1) is 5.66. The van der Waals surface area contributed by atoms with Crippen LogP contribution in [0.3, 0.4) is 0 Å². The van der Waals surface area contributed by atoms with Gasteiger partial charge in [-0.05, 0) is 6.92 Å². The summed E-state index contributed by atoms with van der Waals surface area (Å²) in [4.78, 5) is 33.0. The molecule has 0 bridgehead atoms. The lowest BCUT2D eigenvalue weighted by Gasteiger charge is -1.89. The van der Waals surface area contributed by atoms with Crippen molar-refractivity contribution < 1.29 is 0 Å². The summed E-state index contributed by atoms with van der Waals surface area (Å²) in [6, 6.07) is 0. The first kappa shape index (κ1) is 6.84. The number of aromatic nitrogens is 4. The summed E-state index contributed by atoms with van der Waals surface area (Å²) >= 11 is 0. The van der Waals surface area contributed by atoms with Crippen molar-refractivity contribution in [3.05, 3.63) is 26.7 Å². The van der Waals surface area contributed by atoms with E-state index < -0.39 is 5.69 Å². The van der Waals surface area contributed by atoms with Crippen LogP contribution in [-0.4, -0.2) is 19.9 Å². The quantitative estimate of drug-likeness (QED) is 0.480. The highest BCUT2D eigenvalue weighted by Gasteiger charge is 2.03. The number of hydrogen-bond donors (Lipinski definition) is 3. The highest BCUT2D eigenvalue weighted by atomic mass is 16.1. The second kappa shape index (κ2) is 2.07. The van der Waals surface area contributed by atoms with Crippen molar-refractivity contribution in [3.63, 3.8) is 0 Å². The lowest BCUT2D eigenvalue weighted by Crippen LogP contribution is -2.09. The Kier molecular flexibility index (Phi) is 1.18. The molecule has 0 saturated heterocycles. The predicted molar refractivity (Wildman–Crippen MR) is 42.1 cm³/mol. The lowest BCUT2D eigenvalue weighted by atomic mass is 10.5. The van der Waals surface area contributed by atoms with E-state index in [2.05, 4.69) is 19.9 Å². The van der Waals surface area contributed by atoms with Crippen molar-refractivity contribution in [1.29, 1.82) is 0 Å². The van der Waals surface area contributed by atoms with Crippen molar-refractivity contribution in [1.82, 2.24) is 19.9 Å². The number of nitrogens with zero attached hydrogens (tertiary/aromatic N) is 1. The fraction of sp³-hybridized carbons (Fsp3) is 0.167. The first-order valence-corrected chi connectivity index (χ1v) is 3.36. The Bertz CT molecular complexity index is 532. The van der Waals surface area contributed by atoms with Crippen LogP contribution in [0.15, 0.2) is 9.59 Å². The summed E-state index contributed by atoms with van der Waals surface area (Å²) in [5.41, 5.74) is -0.281. The van der Waals surface area contributed by atoms with Gasteiger partial charge in [0.1, 0.15) is 5.82 Å². The Morgan fingerprint density at radius 3 is 2.67 bits per heavy atom. The van der Waals surface area contributed by atoms with Crippen LogP contribution < -0.4 is 11.2 Å². The van der Waals surface area contributed by atoms with Gasteiger partial charge in [-0.15, -0.1) is 0 Å². The average molecular weight is 166 g/mol. The predicted octanol–water partition coefficient (Wildman–Crippen LogP) is -0.752. The van der Waals surface area contributed by atoms with Gasteiger partial charge in [0, 0.05) is 0 Å². The maximum atomic E-state index is 11.1. The van der Waals surface area contributed by atoms with Crippen LogP contribution in [0.4, 0.5) is 0 Å². The Labute approximate surface area is 65.7 Å². The minimum Gasteiger partial charge on any atom is -0.309 e. The minimum atomic E-state index is -0.423. The van der Waals surface area contributed by atoms with Crippen LogP contribution in [0.25, 0.3) is 11.2 Å². The maximum Gasteiger partial charge on any atom is 0.325 e. The molecular formula is C6H6N4O2. The molecule has 0 fully saturated rings. The number of rotatable bonds is 0. The molecule has 6 nitrogen and oxygen atoms in total. The molecule has 0 aliphatic carbocycles. The van der Waals surface area contributed by atoms with E-state index in [-0.39, 0.29) is 11.1 Å². The number of fused-ring (bicyclic) bond motifs is 1. The molecule has 0 unspecified atom stereocenters. The molecule has 0 aromatic carbocycles. The Morgan fingerprint density at radius 1 is 1.17 bits per heavy atom. The molecule has 2 aromatic rings. The van der Waals surface area contributed by atoms with Crippen LogP contribution >= 0.6 is 0 Å². The average Bonchev–Trinajstić information content (AvgIpc) is 2.29. The molecule has 0 aliphatic heterocycles. The van der Waals surface area contributed by atoms with Gasteiger partial charge in [-0.3, -0.25) is 14.8 Å². The Morgan fingerprint density at radius 2 is 1.92 bits per heavy atom. The maximum absolute atomic E-state index is 11.1. The van der Waals surface area contributed by atoms with Gasteiger partial charge in [-0.1, -0.05) is 0 Å². The number of aromatic amines is 3. The molecule has 62 valence electrons. The van der Waals surface area contributed by atoms with Crippen LogP contribution in [0.2, 0.25) is 0 Å². The minimum absolute atomic E-state index is 0.186. The van der Waals surface area contributed by atoms with E-state index in [1.807, 2.05) is 0 Å². The molecule has 6 heteroatoms. The second-order valence-corrected chi connectivity index (χ2v) is 2.45. The monoisotopic (exact) mass is 166 g/mol. The SMILES string of the molecule is Cc1nc2[nH]c(=O)[nH]c2c(=O)[nH]1. The van der Waals surface area contributed by atoms with Gasteiger partial charge >= 0.3 is 5.69 Å². The highest BCUT2D eigenvalue weighted by Crippen LogP contribution is 1.94. The fourth-order valence-corrected chi connectivity index (χ4v) is 1.04. The molecule has 0 spiro atoms. The van der Waals surface area contributed by atoms with Gasteiger partial charge in [-0.2, -0.15) is 0 Å².